The number of ether oxygens (including phenoxy) is 1. The van der Waals surface area contributed by atoms with Crippen molar-refractivity contribution in [2.24, 2.45) is 0 Å². The van der Waals surface area contributed by atoms with E-state index in [9.17, 15) is 4.79 Å². The van der Waals surface area contributed by atoms with Crippen molar-refractivity contribution in [2.45, 2.75) is 13.8 Å². The maximum Gasteiger partial charge on any atom is 0.273 e. The fourth-order valence-electron chi connectivity index (χ4n) is 2.97. The lowest BCUT2D eigenvalue weighted by molar-refractivity contribution is 0.102. The highest BCUT2D eigenvalue weighted by atomic mass is 35.5. The molecule has 0 bridgehead atoms. The van der Waals surface area contributed by atoms with Crippen molar-refractivity contribution in [1.82, 2.24) is 20.2 Å². The zero-order chi connectivity index (χ0) is 19.8. The Bertz CT molecular complexity index is 1190. The number of aromatic amines is 2. The van der Waals surface area contributed by atoms with Crippen molar-refractivity contribution in [3.63, 3.8) is 0 Å². The Kier molecular flexibility index (Phi) is 4.52. The molecule has 4 rings (SSSR count). The van der Waals surface area contributed by atoms with Crippen LogP contribution in [0.4, 0.5) is 5.69 Å². The third-order valence-corrected chi connectivity index (χ3v) is 4.99. The molecule has 142 valence electrons. The van der Waals surface area contributed by atoms with Gasteiger partial charge in [-0.1, -0.05) is 11.6 Å². The maximum absolute atomic E-state index is 12.5. The first-order valence-electron chi connectivity index (χ1n) is 8.62. The Morgan fingerprint density at radius 1 is 1.21 bits per heavy atom. The Labute approximate surface area is 166 Å². The molecule has 3 heterocycles. The lowest BCUT2D eigenvalue weighted by Gasteiger charge is -2.04. The topological polar surface area (TPSA) is 95.7 Å². The number of aromatic nitrogens is 4. The number of nitrogens with one attached hydrogen (secondary N) is 3. The lowest BCUT2D eigenvalue weighted by atomic mass is 10.1. The summed E-state index contributed by atoms with van der Waals surface area (Å²) < 4.78 is 5.19. The number of aryl methyl sites for hydroxylation is 1. The molecule has 0 atom stereocenters. The summed E-state index contributed by atoms with van der Waals surface area (Å²) in [7, 11) is 1.60. The van der Waals surface area contributed by atoms with E-state index in [0.717, 1.165) is 27.9 Å². The highest BCUT2D eigenvalue weighted by Crippen LogP contribution is 2.32. The summed E-state index contributed by atoms with van der Waals surface area (Å²) in [6.45, 7) is 3.70. The number of amides is 1. The molecule has 28 heavy (non-hydrogen) atoms. The molecule has 1 amide bonds. The number of H-pyrrole nitrogens is 2. The number of halogens is 1. The van der Waals surface area contributed by atoms with Crippen molar-refractivity contribution < 1.29 is 9.53 Å². The number of nitrogens with zero attached hydrogens (tertiary/aromatic N) is 2. The number of benzene rings is 1. The van der Waals surface area contributed by atoms with E-state index in [1.807, 2.05) is 38.1 Å². The molecule has 4 aromatic rings. The van der Waals surface area contributed by atoms with Gasteiger partial charge in [-0.2, -0.15) is 5.10 Å². The molecule has 0 spiro atoms. The van der Waals surface area contributed by atoms with E-state index in [2.05, 4.69) is 25.5 Å². The van der Waals surface area contributed by atoms with E-state index in [1.54, 1.807) is 19.4 Å². The minimum atomic E-state index is -0.256. The second kappa shape index (κ2) is 7.01. The monoisotopic (exact) mass is 395 g/mol. The largest absolute Gasteiger partial charge is 0.497 e. The molecule has 7 nitrogen and oxygen atoms in total. The van der Waals surface area contributed by atoms with Crippen LogP contribution in [0.5, 0.6) is 5.75 Å². The van der Waals surface area contributed by atoms with E-state index in [-0.39, 0.29) is 5.91 Å². The Morgan fingerprint density at radius 2 is 2.04 bits per heavy atom. The van der Waals surface area contributed by atoms with Gasteiger partial charge in [0.1, 0.15) is 17.1 Å². The zero-order valence-electron chi connectivity index (χ0n) is 15.6. The third kappa shape index (κ3) is 3.20. The van der Waals surface area contributed by atoms with Crippen LogP contribution in [0.1, 0.15) is 21.7 Å². The highest BCUT2D eigenvalue weighted by molar-refractivity contribution is 6.33. The number of methoxy groups -OCH3 is 1. The van der Waals surface area contributed by atoms with Gasteiger partial charge in [-0.25, -0.2) is 4.98 Å². The van der Waals surface area contributed by atoms with Crippen LogP contribution in [-0.2, 0) is 0 Å². The minimum Gasteiger partial charge on any atom is -0.497 e. The first-order chi connectivity index (χ1) is 13.5. The summed E-state index contributed by atoms with van der Waals surface area (Å²) in [5, 5.41) is 11.1. The summed E-state index contributed by atoms with van der Waals surface area (Å²) in [6, 6.07) is 9.29. The molecule has 0 aliphatic heterocycles. The minimum absolute atomic E-state index is 0.256. The van der Waals surface area contributed by atoms with Gasteiger partial charge in [0.2, 0.25) is 0 Å². The molecule has 0 saturated carbocycles. The average Bonchev–Trinajstić information content (AvgIpc) is 3.24. The molecular weight excluding hydrogens is 378 g/mol. The number of hydrogen-bond acceptors (Lipinski definition) is 4. The number of hydrogen-bond donors (Lipinski definition) is 3. The molecule has 0 aliphatic rings. The van der Waals surface area contributed by atoms with Gasteiger partial charge < -0.3 is 15.0 Å². The van der Waals surface area contributed by atoms with Gasteiger partial charge in [0, 0.05) is 22.2 Å². The summed E-state index contributed by atoms with van der Waals surface area (Å²) >= 11 is 6.37. The fourth-order valence-corrected chi connectivity index (χ4v) is 3.25. The summed E-state index contributed by atoms with van der Waals surface area (Å²) in [5.74, 6) is 0.436. The van der Waals surface area contributed by atoms with Crippen LogP contribution in [-0.4, -0.2) is 33.2 Å². The molecule has 0 radical (unpaired) electrons. The summed E-state index contributed by atoms with van der Waals surface area (Å²) in [6.07, 6.45) is 1.61. The summed E-state index contributed by atoms with van der Waals surface area (Å²) in [4.78, 5) is 20.1. The van der Waals surface area contributed by atoms with Gasteiger partial charge in [0.05, 0.1) is 29.7 Å². The van der Waals surface area contributed by atoms with E-state index in [0.29, 0.717) is 27.8 Å². The van der Waals surface area contributed by atoms with Gasteiger partial charge in [0.25, 0.3) is 5.91 Å². The van der Waals surface area contributed by atoms with Crippen LogP contribution in [0.3, 0.4) is 0 Å². The van der Waals surface area contributed by atoms with Crippen molar-refractivity contribution in [2.75, 3.05) is 12.4 Å². The lowest BCUT2D eigenvalue weighted by Crippen LogP contribution is -2.13. The number of anilines is 1. The Morgan fingerprint density at radius 3 is 2.71 bits per heavy atom. The smallest absolute Gasteiger partial charge is 0.273 e. The van der Waals surface area contributed by atoms with Crippen LogP contribution in [0, 0.1) is 13.8 Å². The molecule has 1 aromatic carbocycles. The normalized spacial score (nSPS) is 11.0. The van der Waals surface area contributed by atoms with Crippen LogP contribution < -0.4 is 10.1 Å². The molecule has 3 N–H and O–H groups in total. The van der Waals surface area contributed by atoms with Crippen molar-refractivity contribution >= 4 is 34.2 Å². The zero-order valence-corrected chi connectivity index (χ0v) is 16.3. The van der Waals surface area contributed by atoms with Crippen molar-refractivity contribution in [1.29, 1.82) is 0 Å². The number of rotatable bonds is 4. The van der Waals surface area contributed by atoms with Crippen molar-refractivity contribution in [3.05, 3.63) is 58.5 Å². The molecule has 8 heteroatoms. The molecule has 3 aromatic heterocycles. The Hall–Kier alpha value is -3.32. The number of fused-ring (bicyclic) bond motifs is 1. The van der Waals surface area contributed by atoms with E-state index >= 15 is 0 Å². The van der Waals surface area contributed by atoms with Crippen molar-refractivity contribution in [3.8, 4) is 17.0 Å². The number of carbonyl (C=O) groups is 1. The standard InChI is InChI=1S/C20H18ClN5O2/c1-10-11(2)25-26-18(10)20(27)23-13-6-12-7-17(24-19(12)22-9-13)15-5-4-14(28-3)8-16(15)21/h4-9H,1-3H3,(H,22,24)(H,23,27)(H,25,26). The second-order valence-corrected chi connectivity index (χ2v) is 6.86. The van der Waals surface area contributed by atoms with Crippen LogP contribution >= 0.6 is 11.6 Å². The predicted octanol–water partition coefficient (Wildman–Crippen LogP) is 4.48. The average molecular weight is 396 g/mol. The quantitative estimate of drug-likeness (QED) is 0.474. The summed E-state index contributed by atoms with van der Waals surface area (Å²) in [5.41, 5.74) is 5.03. The maximum atomic E-state index is 12.5. The molecule has 0 fully saturated rings. The van der Waals surface area contributed by atoms with Crippen LogP contribution in [0.15, 0.2) is 36.5 Å². The number of carbonyl (C=O) groups excluding carboxylic acids is 1. The number of pyridine rings is 1. The van der Waals surface area contributed by atoms with Gasteiger partial charge in [0.15, 0.2) is 0 Å². The van der Waals surface area contributed by atoms with Gasteiger partial charge in [-0.05, 0) is 44.2 Å². The first-order valence-corrected chi connectivity index (χ1v) is 8.99. The van der Waals surface area contributed by atoms with E-state index in [1.165, 1.54) is 0 Å². The molecule has 0 unspecified atom stereocenters. The van der Waals surface area contributed by atoms with Gasteiger partial charge >= 0.3 is 0 Å². The van der Waals surface area contributed by atoms with Crippen LogP contribution in [0.25, 0.3) is 22.3 Å². The molecule has 0 aliphatic carbocycles. The highest BCUT2D eigenvalue weighted by Gasteiger charge is 2.15. The predicted molar refractivity (Wildman–Crippen MR) is 109 cm³/mol. The van der Waals surface area contributed by atoms with Gasteiger partial charge in [-0.3, -0.25) is 9.89 Å². The van der Waals surface area contributed by atoms with E-state index < -0.39 is 0 Å². The second-order valence-electron chi connectivity index (χ2n) is 6.45. The molecule has 0 saturated heterocycles. The van der Waals surface area contributed by atoms with E-state index in [4.69, 9.17) is 16.3 Å². The van der Waals surface area contributed by atoms with Gasteiger partial charge in [-0.15, -0.1) is 0 Å². The molecular formula is C20H18ClN5O2. The Balaban J connectivity index is 1.63. The fraction of sp³-hybridized carbons (Fsp3) is 0.150. The SMILES string of the molecule is COc1ccc(-c2cc3cc(NC(=O)c4[nH]nc(C)c4C)cnc3[nH]2)c(Cl)c1. The third-order valence-electron chi connectivity index (χ3n) is 4.67. The first kappa shape index (κ1) is 18.1. The van der Waals surface area contributed by atoms with Crippen LogP contribution in [0.2, 0.25) is 5.02 Å².